The fraction of sp³-hybridized carbons (Fsp3) is 0.231. The van der Waals surface area contributed by atoms with Gasteiger partial charge in [-0.2, -0.15) is 4.31 Å². The highest BCUT2D eigenvalue weighted by molar-refractivity contribution is 7.91. The van der Waals surface area contributed by atoms with E-state index >= 15 is 0 Å². The van der Waals surface area contributed by atoms with Crippen LogP contribution in [0.15, 0.2) is 53.3 Å². The molecule has 0 heterocycles. The van der Waals surface area contributed by atoms with Crippen molar-refractivity contribution in [1.29, 1.82) is 0 Å². The molecule has 0 amide bonds. The summed E-state index contributed by atoms with van der Waals surface area (Å²) >= 11 is 0. The number of rotatable bonds is 7. The Kier molecular flexibility index (Phi) is 5.43. The maximum Gasteiger partial charge on any atom is 0.246 e. The lowest BCUT2D eigenvalue weighted by molar-refractivity contribution is 0.466. The number of halogens is 1. The summed E-state index contributed by atoms with van der Waals surface area (Å²) in [5.41, 5.74) is 0. The highest BCUT2D eigenvalue weighted by atomic mass is 32.2. The molecule has 5 nitrogen and oxygen atoms in total. The normalized spacial score (nSPS) is 12.3. The molecule has 0 radical (unpaired) electrons. The topological polar surface area (TPSA) is 71.5 Å². The average molecular weight is 333 g/mol. The van der Waals surface area contributed by atoms with E-state index in [-0.39, 0.29) is 18.0 Å². The molecule has 8 heteroatoms. The monoisotopic (exact) mass is 333 g/mol. The van der Waals surface area contributed by atoms with Gasteiger partial charge in [0.1, 0.15) is 10.7 Å². The maximum absolute atomic E-state index is 13.8. The van der Waals surface area contributed by atoms with Crippen LogP contribution in [0.1, 0.15) is 0 Å². The lowest BCUT2D eigenvalue weighted by atomic mass is 10.3. The smallest absolute Gasteiger partial charge is 0.224 e. The van der Waals surface area contributed by atoms with E-state index in [9.17, 15) is 21.2 Å². The van der Waals surface area contributed by atoms with Gasteiger partial charge in [-0.25, -0.2) is 21.2 Å². The molecule has 1 rings (SSSR count). The Labute approximate surface area is 124 Å². The Morgan fingerprint density at radius 2 is 1.67 bits per heavy atom. The molecule has 0 saturated carbocycles. The minimum atomic E-state index is -4.19. The van der Waals surface area contributed by atoms with Crippen LogP contribution in [0, 0.1) is 5.82 Å². The van der Waals surface area contributed by atoms with Gasteiger partial charge in [-0.05, 0) is 18.2 Å². The van der Waals surface area contributed by atoms with Crippen LogP contribution in [-0.2, 0) is 19.9 Å². The van der Waals surface area contributed by atoms with Crippen molar-refractivity contribution in [2.45, 2.75) is 9.79 Å². The van der Waals surface area contributed by atoms with Gasteiger partial charge in [0.15, 0.2) is 9.84 Å². The quantitative estimate of drug-likeness (QED) is 0.561. The second kappa shape index (κ2) is 6.50. The molecule has 0 aromatic heterocycles. The molecule has 0 bridgehead atoms. The third-order valence-electron chi connectivity index (χ3n) is 2.61. The summed E-state index contributed by atoms with van der Waals surface area (Å²) in [7, 11) is -7.83. The molecular weight excluding hydrogens is 317 g/mol. The van der Waals surface area contributed by atoms with E-state index in [1.165, 1.54) is 12.2 Å². The first kappa shape index (κ1) is 17.5. The molecule has 0 fully saturated rings. The Hall–Kier alpha value is -1.51. The van der Waals surface area contributed by atoms with Gasteiger partial charge in [0.05, 0.1) is 4.90 Å². The Morgan fingerprint density at radius 3 is 2.10 bits per heavy atom. The highest BCUT2D eigenvalue weighted by Gasteiger charge is 2.27. The average Bonchev–Trinajstić information content (AvgIpc) is 2.37. The van der Waals surface area contributed by atoms with E-state index in [0.29, 0.717) is 0 Å². The van der Waals surface area contributed by atoms with Gasteiger partial charge in [-0.3, -0.25) is 0 Å². The SMILES string of the molecule is C=CCN(CC=C)S(=O)(=O)c1cc(S(C)(=O)=O)ccc1F. The van der Waals surface area contributed by atoms with Gasteiger partial charge in [-0.15, -0.1) is 13.2 Å². The van der Waals surface area contributed by atoms with Crippen molar-refractivity contribution >= 4 is 19.9 Å². The molecule has 1 aromatic carbocycles. The summed E-state index contributed by atoms with van der Waals surface area (Å²) in [5.74, 6) is -1.01. The maximum atomic E-state index is 13.8. The molecule has 0 spiro atoms. The zero-order valence-electron chi connectivity index (χ0n) is 11.5. The Balaban J connectivity index is 3.49. The van der Waals surface area contributed by atoms with Gasteiger partial charge in [0.2, 0.25) is 10.0 Å². The van der Waals surface area contributed by atoms with Crippen LogP contribution < -0.4 is 0 Å². The molecule has 0 aliphatic heterocycles. The Bertz CT molecular complexity index is 744. The van der Waals surface area contributed by atoms with Crippen molar-refractivity contribution in [2.75, 3.05) is 19.3 Å². The summed E-state index contributed by atoms with van der Waals surface area (Å²) in [6.07, 6.45) is 3.61. The second-order valence-corrected chi connectivity index (χ2v) is 8.19. The van der Waals surface area contributed by atoms with Gasteiger partial charge < -0.3 is 0 Å². The van der Waals surface area contributed by atoms with E-state index in [1.54, 1.807) is 0 Å². The molecule has 0 atom stereocenters. The van der Waals surface area contributed by atoms with Crippen molar-refractivity contribution < 1.29 is 21.2 Å². The van der Waals surface area contributed by atoms with Crippen LogP contribution in [0.3, 0.4) is 0 Å². The fourth-order valence-corrected chi connectivity index (χ4v) is 3.80. The molecule has 21 heavy (non-hydrogen) atoms. The number of hydrogen-bond donors (Lipinski definition) is 0. The van der Waals surface area contributed by atoms with Crippen LogP contribution in [0.4, 0.5) is 4.39 Å². The highest BCUT2D eigenvalue weighted by Crippen LogP contribution is 2.23. The number of benzene rings is 1. The minimum Gasteiger partial charge on any atom is -0.224 e. The lowest BCUT2D eigenvalue weighted by Crippen LogP contribution is -2.32. The lowest BCUT2D eigenvalue weighted by Gasteiger charge is -2.19. The molecule has 0 aliphatic carbocycles. The first-order chi connectivity index (χ1) is 9.64. The van der Waals surface area contributed by atoms with Crippen molar-refractivity contribution in [3.63, 3.8) is 0 Å². The molecule has 0 unspecified atom stereocenters. The van der Waals surface area contributed by atoms with E-state index in [0.717, 1.165) is 28.8 Å². The van der Waals surface area contributed by atoms with Gasteiger partial charge in [-0.1, -0.05) is 12.2 Å². The number of hydrogen-bond acceptors (Lipinski definition) is 4. The van der Waals surface area contributed by atoms with Crippen LogP contribution in [0.2, 0.25) is 0 Å². The zero-order valence-corrected chi connectivity index (χ0v) is 13.1. The summed E-state index contributed by atoms with van der Waals surface area (Å²) in [4.78, 5) is -0.950. The number of sulfone groups is 1. The van der Waals surface area contributed by atoms with E-state index in [2.05, 4.69) is 13.2 Å². The molecule has 116 valence electrons. The van der Waals surface area contributed by atoms with E-state index in [4.69, 9.17) is 0 Å². The first-order valence-corrected chi connectivity index (χ1v) is 9.19. The minimum absolute atomic E-state index is 0.0447. The predicted molar refractivity (Wildman–Crippen MR) is 78.7 cm³/mol. The summed E-state index contributed by atoms with van der Waals surface area (Å²) in [6, 6.07) is 2.66. The van der Waals surface area contributed by atoms with E-state index in [1.807, 2.05) is 0 Å². The van der Waals surface area contributed by atoms with Crippen LogP contribution >= 0.6 is 0 Å². The second-order valence-electron chi connectivity index (χ2n) is 4.26. The molecule has 0 saturated heterocycles. The fourth-order valence-electron chi connectivity index (χ4n) is 1.61. The largest absolute Gasteiger partial charge is 0.246 e. The summed E-state index contributed by atoms with van der Waals surface area (Å²) in [5, 5.41) is 0. The van der Waals surface area contributed by atoms with E-state index < -0.39 is 30.6 Å². The molecule has 0 aliphatic rings. The van der Waals surface area contributed by atoms with Crippen molar-refractivity contribution in [3.8, 4) is 0 Å². The van der Waals surface area contributed by atoms with Gasteiger partial charge in [0.25, 0.3) is 0 Å². The summed E-state index contributed by atoms with van der Waals surface area (Å²) < 4.78 is 62.6. The van der Waals surface area contributed by atoms with Crippen LogP contribution in [-0.4, -0.2) is 40.5 Å². The van der Waals surface area contributed by atoms with Gasteiger partial charge in [0, 0.05) is 19.3 Å². The first-order valence-electron chi connectivity index (χ1n) is 5.86. The van der Waals surface area contributed by atoms with Crippen molar-refractivity contribution in [3.05, 3.63) is 49.3 Å². The molecule has 0 N–H and O–H groups in total. The van der Waals surface area contributed by atoms with Gasteiger partial charge >= 0.3 is 0 Å². The van der Waals surface area contributed by atoms with Crippen molar-refractivity contribution in [1.82, 2.24) is 4.31 Å². The van der Waals surface area contributed by atoms with Crippen molar-refractivity contribution in [2.24, 2.45) is 0 Å². The molecule has 1 aromatic rings. The standard InChI is InChI=1S/C13H16FNO4S2/c1-4-8-15(9-5-2)21(18,19)13-10-11(20(3,16)17)6-7-12(13)14/h4-7,10H,1-2,8-9H2,3H3. The zero-order chi connectivity index (χ0) is 16.3. The predicted octanol–water partition coefficient (Wildman–Crippen LogP) is 1.59. The third kappa shape index (κ3) is 3.99. The summed E-state index contributed by atoms with van der Waals surface area (Å²) in [6.45, 7) is 6.79. The Morgan fingerprint density at radius 1 is 1.14 bits per heavy atom. The third-order valence-corrected chi connectivity index (χ3v) is 5.57. The molecular formula is C13H16FNO4S2. The number of nitrogens with zero attached hydrogens (tertiary/aromatic N) is 1. The number of sulfonamides is 1. The van der Waals surface area contributed by atoms with Crippen LogP contribution in [0.5, 0.6) is 0 Å². The van der Waals surface area contributed by atoms with Crippen LogP contribution in [0.25, 0.3) is 0 Å².